The Balaban J connectivity index is 1.85. The quantitative estimate of drug-likeness (QED) is 0.0839. The van der Waals surface area contributed by atoms with E-state index in [1.165, 1.54) is 0 Å². The molecular weight excluding hydrogens is 636 g/mol. The van der Waals surface area contributed by atoms with E-state index < -0.39 is 0 Å². The third-order valence-corrected chi connectivity index (χ3v) is 8.56. The molecule has 50 heavy (non-hydrogen) atoms. The van der Waals surface area contributed by atoms with Crippen LogP contribution in [0.25, 0.3) is 0 Å². The number of hydrogen-bond acceptors (Lipinski definition) is 8. The molecule has 4 aromatic carbocycles. The molecule has 0 amide bonds. The lowest BCUT2D eigenvalue weighted by molar-refractivity contribution is -0.385. The Bertz CT molecular complexity index is 1610. The number of benzene rings is 4. The lowest BCUT2D eigenvalue weighted by Crippen LogP contribution is -2.10. The van der Waals surface area contributed by atoms with Gasteiger partial charge in [0.2, 0.25) is 0 Å². The summed E-state index contributed by atoms with van der Waals surface area (Å²) in [5.74, 6) is 2.57. The molecule has 0 aromatic heterocycles. The Labute approximate surface area is 293 Å². The van der Waals surface area contributed by atoms with Crippen LogP contribution in [0.4, 0.5) is 11.4 Å². The van der Waals surface area contributed by atoms with Gasteiger partial charge in [-0.05, 0) is 47.9 Å². The molecule has 0 fully saturated rings. The third-order valence-electron chi connectivity index (χ3n) is 8.56. The fraction of sp³-hybridized carbons (Fsp3) is 0.400. The second-order valence-corrected chi connectivity index (χ2v) is 12.6. The summed E-state index contributed by atoms with van der Waals surface area (Å²) < 4.78 is 25.7. The molecule has 0 unspecified atom stereocenters. The minimum atomic E-state index is -0.359. The molecule has 264 valence electrons. The highest BCUT2D eigenvalue weighted by molar-refractivity contribution is 5.60. The largest absolute Gasteiger partial charge is 0.493 e. The average molecular weight is 683 g/mol. The van der Waals surface area contributed by atoms with Gasteiger partial charge in [-0.3, -0.25) is 20.2 Å². The van der Waals surface area contributed by atoms with Gasteiger partial charge in [-0.15, -0.1) is 0 Å². The summed E-state index contributed by atoms with van der Waals surface area (Å²) in [5, 5.41) is 24.7. The first-order chi connectivity index (χ1) is 24.3. The van der Waals surface area contributed by atoms with Crippen molar-refractivity contribution < 1.29 is 28.8 Å². The van der Waals surface area contributed by atoms with Gasteiger partial charge in [0.05, 0.1) is 36.3 Å². The molecule has 4 aromatic rings. The Morgan fingerprint density at radius 1 is 0.460 bits per heavy atom. The topological polar surface area (TPSA) is 123 Å². The zero-order chi connectivity index (χ0) is 35.6. The Hall–Kier alpha value is -5.12. The van der Waals surface area contributed by atoms with Gasteiger partial charge in [0, 0.05) is 72.2 Å². The summed E-state index contributed by atoms with van der Waals surface area (Å²) in [6.07, 6.45) is 4.35. The van der Waals surface area contributed by atoms with Gasteiger partial charge in [-0.25, -0.2) is 0 Å². The van der Waals surface area contributed by atoms with Gasteiger partial charge < -0.3 is 18.9 Å². The number of nitrogens with zero attached hydrogens (tertiary/aromatic N) is 2. The van der Waals surface area contributed by atoms with Crippen molar-refractivity contribution in [3.8, 4) is 23.0 Å². The average Bonchev–Trinajstić information content (AvgIpc) is 3.09. The van der Waals surface area contributed by atoms with E-state index in [9.17, 15) is 20.2 Å². The number of rotatable bonds is 14. The first-order valence-corrected chi connectivity index (χ1v) is 17.6. The van der Waals surface area contributed by atoms with Crippen molar-refractivity contribution in [3.05, 3.63) is 125 Å². The fourth-order valence-electron chi connectivity index (χ4n) is 6.42. The van der Waals surface area contributed by atoms with Gasteiger partial charge in [-0.1, -0.05) is 64.1 Å². The minimum absolute atomic E-state index is 0.0145. The van der Waals surface area contributed by atoms with Gasteiger partial charge in [-0.2, -0.15) is 0 Å². The highest BCUT2D eigenvalue weighted by Crippen LogP contribution is 2.41. The van der Waals surface area contributed by atoms with E-state index in [0.29, 0.717) is 97.4 Å². The van der Waals surface area contributed by atoms with Crippen LogP contribution in [0.5, 0.6) is 23.0 Å². The first kappa shape index (κ1) is 36.2. The summed E-state index contributed by atoms with van der Waals surface area (Å²) >= 11 is 0. The zero-order valence-electron chi connectivity index (χ0n) is 29.4. The van der Waals surface area contributed by atoms with Crippen molar-refractivity contribution in [2.24, 2.45) is 0 Å². The molecule has 1 aliphatic carbocycles. The molecule has 0 heterocycles. The Morgan fingerprint density at radius 2 is 0.700 bits per heavy atom. The first-order valence-electron chi connectivity index (χ1n) is 17.6. The molecule has 0 N–H and O–H groups in total. The Morgan fingerprint density at radius 3 is 0.920 bits per heavy atom. The molecule has 8 bridgehead atoms. The molecular formula is C40H46N2O8. The lowest BCUT2D eigenvalue weighted by atomic mass is 9.90. The van der Waals surface area contributed by atoms with Crippen LogP contribution in [0.1, 0.15) is 97.9 Å². The number of hydrogen-bond donors (Lipinski definition) is 0. The fourth-order valence-corrected chi connectivity index (χ4v) is 6.42. The van der Waals surface area contributed by atoms with E-state index in [1.54, 1.807) is 24.3 Å². The number of nitro benzene ring substituents is 2. The predicted molar refractivity (Wildman–Crippen MR) is 193 cm³/mol. The third kappa shape index (κ3) is 8.35. The van der Waals surface area contributed by atoms with Gasteiger partial charge in [0.1, 0.15) is 23.0 Å². The van der Waals surface area contributed by atoms with E-state index in [0.717, 1.165) is 47.9 Å². The smallest absolute Gasteiger partial charge is 0.270 e. The second kappa shape index (κ2) is 17.0. The van der Waals surface area contributed by atoms with Crippen molar-refractivity contribution in [2.75, 3.05) is 26.4 Å². The van der Waals surface area contributed by atoms with Crippen LogP contribution < -0.4 is 18.9 Å². The van der Waals surface area contributed by atoms with Crippen molar-refractivity contribution in [1.29, 1.82) is 0 Å². The second-order valence-electron chi connectivity index (χ2n) is 12.6. The monoisotopic (exact) mass is 682 g/mol. The number of para-hydroxylation sites is 2. The molecule has 1 aliphatic rings. The SMILES string of the molecule is CCCOc1c2cccc1Cc1cc([N+](=O)[O-])cc(c1OCCC)Cc1cccc(c1OCCC)Cc1cc([N+](=O)[O-])cc(c1OCCC)C2. The van der Waals surface area contributed by atoms with Crippen molar-refractivity contribution in [3.63, 3.8) is 0 Å². The molecule has 0 aliphatic heterocycles. The molecule has 10 nitrogen and oxygen atoms in total. The van der Waals surface area contributed by atoms with Crippen molar-refractivity contribution in [2.45, 2.75) is 79.1 Å². The number of ether oxygens (including phenoxy) is 4. The van der Waals surface area contributed by atoms with Crippen LogP contribution in [-0.4, -0.2) is 36.3 Å². The van der Waals surface area contributed by atoms with Crippen molar-refractivity contribution in [1.82, 2.24) is 0 Å². The van der Waals surface area contributed by atoms with Gasteiger partial charge >= 0.3 is 0 Å². The van der Waals surface area contributed by atoms with Crippen LogP contribution in [0, 0.1) is 20.2 Å². The number of fused-ring (bicyclic) bond motifs is 8. The summed E-state index contributed by atoms with van der Waals surface area (Å²) in [4.78, 5) is 23.9. The summed E-state index contributed by atoms with van der Waals surface area (Å²) in [5.41, 5.74) is 6.07. The maximum absolute atomic E-state index is 12.3. The standard InChI is InChI=1S/C40H46N2O8/c1-5-15-47-37-27-11-9-12-28(37)20-32-24-36(42(45)46)26-34(40(32)50-18-8-4)22-30-14-10-13-29(38(30)48-16-6-2)21-33-25-35(41(43)44)23-31(19-27)39(33)49-17-7-3/h9-14,23-26H,5-8,15-22H2,1-4H3. The van der Waals surface area contributed by atoms with E-state index in [2.05, 4.69) is 0 Å². The summed E-state index contributed by atoms with van der Waals surface area (Å²) in [7, 11) is 0. The highest BCUT2D eigenvalue weighted by Gasteiger charge is 2.25. The van der Waals surface area contributed by atoms with Crippen LogP contribution in [0.3, 0.4) is 0 Å². The Kier molecular flexibility index (Phi) is 12.3. The van der Waals surface area contributed by atoms with Crippen LogP contribution >= 0.6 is 0 Å². The molecule has 0 saturated carbocycles. The van der Waals surface area contributed by atoms with E-state index in [1.807, 2.05) is 64.1 Å². The highest BCUT2D eigenvalue weighted by atomic mass is 16.6. The molecule has 0 radical (unpaired) electrons. The zero-order valence-corrected chi connectivity index (χ0v) is 29.4. The lowest BCUT2D eigenvalue weighted by Gasteiger charge is -2.22. The van der Waals surface area contributed by atoms with Gasteiger partial charge in [0.25, 0.3) is 11.4 Å². The van der Waals surface area contributed by atoms with Crippen LogP contribution in [0.15, 0.2) is 60.7 Å². The molecule has 10 heteroatoms. The normalized spacial score (nSPS) is 12.2. The van der Waals surface area contributed by atoms with Crippen molar-refractivity contribution >= 4 is 11.4 Å². The van der Waals surface area contributed by atoms with Crippen LogP contribution in [-0.2, 0) is 25.7 Å². The number of non-ortho nitro benzene ring substituents is 2. The summed E-state index contributed by atoms with van der Waals surface area (Å²) in [6, 6.07) is 18.1. The molecule has 5 rings (SSSR count). The number of nitro groups is 2. The van der Waals surface area contributed by atoms with E-state index in [4.69, 9.17) is 18.9 Å². The molecule has 0 spiro atoms. The van der Waals surface area contributed by atoms with Crippen LogP contribution in [0.2, 0.25) is 0 Å². The minimum Gasteiger partial charge on any atom is -0.493 e. The summed E-state index contributed by atoms with van der Waals surface area (Å²) in [6.45, 7) is 9.93. The maximum atomic E-state index is 12.3. The van der Waals surface area contributed by atoms with E-state index >= 15 is 0 Å². The molecule has 0 atom stereocenters. The van der Waals surface area contributed by atoms with Gasteiger partial charge in [0.15, 0.2) is 0 Å². The van der Waals surface area contributed by atoms with E-state index in [-0.39, 0.29) is 21.2 Å². The molecule has 0 saturated heterocycles. The predicted octanol–water partition coefficient (Wildman–Crippen LogP) is 9.33. The maximum Gasteiger partial charge on any atom is 0.270 e.